The summed E-state index contributed by atoms with van der Waals surface area (Å²) in [6, 6.07) is 1.11. The number of hydrogen-bond donors (Lipinski definition) is 2. The SMILES string of the molecule is CC(CC1COCCN1)NCCN1CCCCCC1. The van der Waals surface area contributed by atoms with Gasteiger partial charge in [-0.2, -0.15) is 0 Å². The minimum Gasteiger partial charge on any atom is -0.379 e. The van der Waals surface area contributed by atoms with Gasteiger partial charge in [-0.05, 0) is 39.3 Å². The van der Waals surface area contributed by atoms with Crippen molar-refractivity contribution in [2.45, 2.75) is 51.1 Å². The van der Waals surface area contributed by atoms with E-state index >= 15 is 0 Å². The molecular weight excluding hydrogens is 238 g/mol. The van der Waals surface area contributed by atoms with Crippen molar-refractivity contribution < 1.29 is 4.74 Å². The summed E-state index contributed by atoms with van der Waals surface area (Å²) in [7, 11) is 0. The van der Waals surface area contributed by atoms with Gasteiger partial charge >= 0.3 is 0 Å². The lowest BCUT2D eigenvalue weighted by Gasteiger charge is -2.27. The van der Waals surface area contributed by atoms with E-state index < -0.39 is 0 Å². The molecule has 112 valence electrons. The van der Waals surface area contributed by atoms with Gasteiger partial charge in [0.05, 0.1) is 13.2 Å². The summed E-state index contributed by atoms with van der Waals surface area (Å²) in [5, 5.41) is 7.18. The number of ether oxygens (including phenoxy) is 1. The Labute approximate surface area is 118 Å². The van der Waals surface area contributed by atoms with Crippen molar-refractivity contribution in [3.8, 4) is 0 Å². The maximum absolute atomic E-state index is 5.50. The summed E-state index contributed by atoms with van der Waals surface area (Å²) >= 11 is 0. The lowest BCUT2D eigenvalue weighted by Crippen LogP contribution is -2.45. The number of nitrogens with one attached hydrogen (secondary N) is 2. The second kappa shape index (κ2) is 8.90. The standard InChI is InChI=1S/C15H31N3O/c1-14(12-15-13-19-11-7-17-15)16-6-10-18-8-4-2-3-5-9-18/h14-17H,2-13H2,1H3. The molecule has 0 aliphatic carbocycles. The molecule has 2 heterocycles. The van der Waals surface area contributed by atoms with Crippen LogP contribution in [0.2, 0.25) is 0 Å². The van der Waals surface area contributed by atoms with E-state index in [4.69, 9.17) is 4.74 Å². The quantitative estimate of drug-likeness (QED) is 0.760. The van der Waals surface area contributed by atoms with Crippen LogP contribution in [0.3, 0.4) is 0 Å². The lowest BCUT2D eigenvalue weighted by atomic mass is 10.1. The first kappa shape index (κ1) is 15.2. The highest BCUT2D eigenvalue weighted by atomic mass is 16.5. The molecule has 4 heteroatoms. The smallest absolute Gasteiger partial charge is 0.0620 e. The maximum atomic E-state index is 5.50. The topological polar surface area (TPSA) is 36.5 Å². The van der Waals surface area contributed by atoms with E-state index in [1.165, 1.54) is 51.7 Å². The van der Waals surface area contributed by atoms with Crippen LogP contribution in [0.15, 0.2) is 0 Å². The molecule has 4 nitrogen and oxygen atoms in total. The van der Waals surface area contributed by atoms with Crippen LogP contribution in [0.5, 0.6) is 0 Å². The normalized spacial score (nSPS) is 27.9. The molecule has 0 amide bonds. The van der Waals surface area contributed by atoms with Crippen LogP contribution < -0.4 is 10.6 Å². The summed E-state index contributed by atoms with van der Waals surface area (Å²) in [6.07, 6.45) is 6.79. The molecule has 0 aromatic heterocycles. The van der Waals surface area contributed by atoms with Crippen molar-refractivity contribution in [2.24, 2.45) is 0 Å². The highest BCUT2D eigenvalue weighted by Crippen LogP contribution is 2.09. The minimum atomic E-state index is 0.537. The fraction of sp³-hybridized carbons (Fsp3) is 1.00. The van der Waals surface area contributed by atoms with Gasteiger partial charge in [0.1, 0.15) is 0 Å². The summed E-state index contributed by atoms with van der Waals surface area (Å²) in [4.78, 5) is 2.62. The van der Waals surface area contributed by atoms with Crippen molar-refractivity contribution in [1.82, 2.24) is 15.5 Å². The first-order chi connectivity index (χ1) is 9.34. The fourth-order valence-electron chi connectivity index (χ4n) is 3.11. The molecule has 2 saturated heterocycles. The largest absolute Gasteiger partial charge is 0.379 e. The third kappa shape index (κ3) is 6.21. The predicted octanol–water partition coefficient (Wildman–Crippen LogP) is 1.22. The maximum Gasteiger partial charge on any atom is 0.0620 e. The Morgan fingerprint density at radius 2 is 2.05 bits per heavy atom. The van der Waals surface area contributed by atoms with Gasteiger partial charge in [-0.3, -0.25) is 0 Å². The van der Waals surface area contributed by atoms with Crippen molar-refractivity contribution in [3.05, 3.63) is 0 Å². The molecule has 0 spiro atoms. The molecule has 0 aromatic rings. The number of nitrogens with zero attached hydrogens (tertiary/aromatic N) is 1. The van der Waals surface area contributed by atoms with Crippen molar-refractivity contribution in [3.63, 3.8) is 0 Å². The van der Waals surface area contributed by atoms with Crippen LogP contribution in [-0.4, -0.2) is 62.9 Å². The Balaban J connectivity index is 1.53. The van der Waals surface area contributed by atoms with Gasteiger partial charge in [0.15, 0.2) is 0 Å². The average molecular weight is 269 g/mol. The summed E-state index contributed by atoms with van der Waals surface area (Å²) < 4.78 is 5.50. The highest BCUT2D eigenvalue weighted by molar-refractivity contribution is 4.76. The Hall–Kier alpha value is -0.160. The van der Waals surface area contributed by atoms with Gasteiger partial charge in [0, 0.05) is 31.7 Å². The lowest BCUT2D eigenvalue weighted by molar-refractivity contribution is 0.0711. The van der Waals surface area contributed by atoms with E-state index in [9.17, 15) is 0 Å². The van der Waals surface area contributed by atoms with Crippen LogP contribution >= 0.6 is 0 Å². The molecule has 0 bridgehead atoms. The van der Waals surface area contributed by atoms with Gasteiger partial charge < -0.3 is 20.3 Å². The number of rotatable bonds is 6. The zero-order chi connectivity index (χ0) is 13.3. The summed E-state index contributed by atoms with van der Waals surface area (Å²) in [6.45, 7) is 9.96. The van der Waals surface area contributed by atoms with Crippen LogP contribution in [0.4, 0.5) is 0 Å². The second-order valence-corrected chi connectivity index (χ2v) is 6.07. The average Bonchev–Trinajstić information content (AvgIpc) is 2.68. The first-order valence-corrected chi connectivity index (χ1v) is 8.11. The molecule has 2 aliphatic heterocycles. The summed E-state index contributed by atoms with van der Waals surface area (Å²) in [5.41, 5.74) is 0. The van der Waals surface area contributed by atoms with Crippen molar-refractivity contribution in [1.29, 1.82) is 0 Å². The van der Waals surface area contributed by atoms with Gasteiger partial charge in [-0.1, -0.05) is 12.8 Å². The zero-order valence-electron chi connectivity index (χ0n) is 12.5. The zero-order valence-corrected chi connectivity index (χ0v) is 12.5. The van der Waals surface area contributed by atoms with E-state index in [1.807, 2.05) is 0 Å². The molecule has 2 unspecified atom stereocenters. The third-order valence-electron chi connectivity index (χ3n) is 4.26. The molecule has 19 heavy (non-hydrogen) atoms. The Kier molecular flexibility index (Phi) is 7.14. The number of hydrogen-bond acceptors (Lipinski definition) is 4. The molecule has 0 aromatic carbocycles. The van der Waals surface area contributed by atoms with Gasteiger partial charge in [-0.15, -0.1) is 0 Å². The molecule has 2 fully saturated rings. The van der Waals surface area contributed by atoms with E-state index in [1.54, 1.807) is 0 Å². The highest BCUT2D eigenvalue weighted by Gasteiger charge is 2.16. The number of morpholine rings is 1. The van der Waals surface area contributed by atoms with Gasteiger partial charge in [-0.25, -0.2) is 0 Å². The summed E-state index contributed by atoms with van der Waals surface area (Å²) in [5.74, 6) is 0. The van der Waals surface area contributed by atoms with Gasteiger partial charge in [0.2, 0.25) is 0 Å². The van der Waals surface area contributed by atoms with E-state index in [2.05, 4.69) is 22.5 Å². The molecule has 0 saturated carbocycles. The van der Waals surface area contributed by atoms with Crippen molar-refractivity contribution >= 4 is 0 Å². The predicted molar refractivity (Wildman–Crippen MR) is 79.6 cm³/mol. The van der Waals surface area contributed by atoms with Crippen LogP contribution in [-0.2, 0) is 4.74 Å². The Morgan fingerprint density at radius 3 is 2.74 bits per heavy atom. The second-order valence-electron chi connectivity index (χ2n) is 6.07. The van der Waals surface area contributed by atoms with E-state index in [-0.39, 0.29) is 0 Å². The molecule has 2 aliphatic rings. The first-order valence-electron chi connectivity index (χ1n) is 8.11. The Bertz CT molecular complexity index is 223. The van der Waals surface area contributed by atoms with Crippen LogP contribution in [0, 0.1) is 0 Å². The van der Waals surface area contributed by atoms with E-state index in [0.717, 1.165) is 26.3 Å². The molecule has 2 N–H and O–H groups in total. The van der Waals surface area contributed by atoms with Gasteiger partial charge in [0.25, 0.3) is 0 Å². The third-order valence-corrected chi connectivity index (χ3v) is 4.26. The molecule has 2 rings (SSSR count). The number of likely N-dealkylation sites (tertiary alicyclic amines) is 1. The van der Waals surface area contributed by atoms with Crippen LogP contribution in [0.1, 0.15) is 39.0 Å². The molecule has 0 radical (unpaired) electrons. The molecular formula is C15H31N3O. The van der Waals surface area contributed by atoms with Crippen molar-refractivity contribution in [2.75, 3.05) is 45.9 Å². The van der Waals surface area contributed by atoms with Crippen LogP contribution in [0.25, 0.3) is 0 Å². The minimum absolute atomic E-state index is 0.537. The molecule has 2 atom stereocenters. The van der Waals surface area contributed by atoms with E-state index in [0.29, 0.717) is 12.1 Å². The Morgan fingerprint density at radius 1 is 1.26 bits per heavy atom. The fourth-order valence-corrected chi connectivity index (χ4v) is 3.11. The monoisotopic (exact) mass is 269 g/mol.